The normalized spacial score (nSPS) is 11.2. The van der Waals surface area contributed by atoms with Gasteiger partial charge in [0.25, 0.3) is 0 Å². The number of carboxylic acid groups (broad SMARTS) is 1. The molecule has 0 aliphatic rings. The van der Waals surface area contributed by atoms with Crippen molar-refractivity contribution in [2.45, 2.75) is 39.7 Å². The first-order chi connectivity index (χ1) is 8.76. The van der Waals surface area contributed by atoms with Gasteiger partial charge in [0.05, 0.1) is 0 Å². The molecule has 0 unspecified atom stereocenters. The second-order valence-corrected chi connectivity index (χ2v) is 5.14. The van der Waals surface area contributed by atoms with Crippen LogP contribution >= 0.6 is 0 Å². The predicted octanol–water partition coefficient (Wildman–Crippen LogP) is 1.91. The van der Waals surface area contributed by atoms with E-state index in [9.17, 15) is 4.79 Å². The van der Waals surface area contributed by atoms with Crippen molar-refractivity contribution < 1.29 is 9.90 Å². The summed E-state index contributed by atoms with van der Waals surface area (Å²) in [5.41, 5.74) is -1.07. The van der Waals surface area contributed by atoms with Crippen LogP contribution in [-0.4, -0.2) is 40.2 Å². The van der Waals surface area contributed by atoms with E-state index in [0.29, 0.717) is 11.6 Å². The number of rotatable bonds is 6. The minimum Gasteiger partial charge on any atom is -0.480 e. The zero-order valence-corrected chi connectivity index (χ0v) is 12.2. The Morgan fingerprint density at radius 3 is 2.63 bits per heavy atom. The minimum atomic E-state index is -1.07. The summed E-state index contributed by atoms with van der Waals surface area (Å²) in [4.78, 5) is 21.7. The highest BCUT2D eigenvalue weighted by Crippen LogP contribution is 2.18. The molecule has 1 aromatic rings. The van der Waals surface area contributed by atoms with Gasteiger partial charge in [0.2, 0.25) is 0 Å². The number of hydrogen-bond donors (Lipinski definition) is 2. The lowest BCUT2D eigenvalue weighted by atomic mass is 10.1. The molecule has 6 heteroatoms. The van der Waals surface area contributed by atoms with E-state index in [-0.39, 0.29) is 0 Å². The molecule has 0 fully saturated rings. The van der Waals surface area contributed by atoms with E-state index in [0.717, 1.165) is 18.8 Å². The highest BCUT2D eigenvalue weighted by Gasteiger charge is 2.27. The number of nitrogens with zero attached hydrogens (tertiary/aromatic N) is 3. The van der Waals surface area contributed by atoms with Gasteiger partial charge in [0.15, 0.2) is 0 Å². The molecule has 0 amide bonds. The van der Waals surface area contributed by atoms with Crippen LogP contribution in [0.4, 0.5) is 11.6 Å². The Kier molecular flexibility index (Phi) is 4.69. The molecule has 1 rings (SSSR count). The third-order valence-electron chi connectivity index (χ3n) is 2.75. The van der Waals surface area contributed by atoms with Gasteiger partial charge in [-0.25, -0.2) is 14.8 Å². The van der Waals surface area contributed by atoms with Crippen LogP contribution in [0.3, 0.4) is 0 Å². The molecular formula is C13H22N4O2. The first-order valence-electron chi connectivity index (χ1n) is 6.34. The fraction of sp³-hybridized carbons (Fsp3) is 0.615. The fourth-order valence-electron chi connectivity index (χ4n) is 1.64. The largest absolute Gasteiger partial charge is 0.480 e. The molecule has 0 saturated carbocycles. The standard InChI is InChI=1S/C13H22N4O2/c1-6-7-17(5)11-8-10(14-9(2)15-11)16-13(3,4)12(18)19/h8H,6-7H2,1-5H3,(H,18,19)(H,14,15,16). The Balaban J connectivity index is 3.00. The maximum absolute atomic E-state index is 11.1. The van der Waals surface area contributed by atoms with Gasteiger partial charge in [0, 0.05) is 19.7 Å². The van der Waals surface area contributed by atoms with Crippen LogP contribution < -0.4 is 10.2 Å². The van der Waals surface area contributed by atoms with E-state index in [1.165, 1.54) is 0 Å². The van der Waals surface area contributed by atoms with E-state index < -0.39 is 11.5 Å². The number of nitrogens with one attached hydrogen (secondary N) is 1. The van der Waals surface area contributed by atoms with E-state index in [2.05, 4.69) is 22.2 Å². The van der Waals surface area contributed by atoms with E-state index in [4.69, 9.17) is 5.11 Å². The van der Waals surface area contributed by atoms with Gasteiger partial charge in [-0.05, 0) is 27.2 Å². The Hall–Kier alpha value is -1.85. The molecule has 0 saturated heterocycles. The number of aliphatic carboxylic acids is 1. The van der Waals surface area contributed by atoms with Crippen molar-refractivity contribution in [3.8, 4) is 0 Å². The topological polar surface area (TPSA) is 78.4 Å². The van der Waals surface area contributed by atoms with Gasteiger partial charge >= 0.3 is 5.97 Å². The van der Waals surface area contributed by atoms with Crippen LogP contribution in [-0.2, 0) is 4.79 Å². The van der Waals surface area contributed by atoms with Gasteiger partial charge < -0.3 is 15.3 Å². The molecule has 6 nitrogen and oxygen atoms in total. The average molecular weight is 266 g/mol. The third-order valence-corrected chi connectivity index (χ3v) is 2.75. The number of aromatic nitrogens is 2. The first kappa shape index (κ1) is 15.2. The highest BCUT2D eigenvalue weighted by atomic mass is 16.4. The van der Waals surface area contributed by atoms with Crippen LogP contribution in [0.25, 0.3) is 0 Å². The zero-order chi connectivity index (χ0) is 14.6. The van der Waals surface area contributed by atoms with Crippen molar-refractivity contribution in [2.75, 3.05) is 23.8 Å². The van der Waals surface area contributed by atoms with Gasteiger partial charge in [0.1, 0.15) is 23.0 Å². The SMILES string of the molecule is CCCN(C)c1cc(NC(C)(C)C(=O)O)nc(C)n1. The second-order valence-electron chi connectivity index (χ2n) is 5.14. The summed E-state index contributed by atoms with van der Waals surface area (Å²) < 4.78 is 0. The summed E-state index contributed by atoms with van der Waals surface area (Å²) in [6.07, 6.45) is 1.02. The molecule has 0 spiro atoms. The quantitative estimate of drug-likeness (QED) is 0.819. The molecule has 0 aliphatic heterocycles. The predicted molar refractivity (Wildman–Crippen MR) is 75.7 cm³/mol. The Labute approximate surface area is 113 Å². The summed E-state index contributed by atoms with van der Waals surface area (Å²) in [6, 6.07) is 1.77. The molecular weight excluding hydrogens is 244 g/mol. The molecule has 0 radical (unpaired) electrons. The molecule has 0 aromatic carbocycles. The van der Waals surface area contributed by atoms with Crippen molar-refractivity contribution in [2.24, 2.45) is 0 Å². The molecule has 0 bridgehead atoms. The van der Waals surface area contributed by atoms with Gasteiger partial charge in [-0.3, -0.25) is 0 Å². The van der Waals surface area contributed by atoms with Crippen LogP contribution in [0.15, 0.2) is 6.07 Å². The van der Waals surface area contributed by atoms with Crippen LogP contribution in [0, 0.1) is 6.92 Å². The number of carbonyl (C=O) groups is 1. The van der Waals surface area contributed by atoms with Crippen LogP contribution in [0.1, 0.15) is 33.0 Å². The second kappa shape index (κ2) is 5.86. The lowest BCUT2D eigenvalue weighted by molar-refractivity contribution is -0.141. The van der Waals surface area contributed by atoms with Crippen molar-refractivity contribution in [3.63, 3.8) is 0 Å². The third kappa shape index (κ3) is 4.08. The summed E-state index contributed by atoms with van der Waals surface area (Å²) in [7, 11) is 1.96. The van der Waals surface area contributed by atoms with Crippen LogP contribution in [0.2, 0.25) is 0 Å². The van der Waals surface area contributed by atoms with E-state index in [1.807, 2.05) is 11.9 Å². The number of anilines is 2. The average Bonchev–Trinajstić information content (AvgIpc) is 2.27. The lowest BCUT2D eigenvalue weighted by Crippen LogP contribution is -2.40. The number of aryl methyl sites for hydroxylation is 1. The number of hydrogen-bond acceptors (Lipinski definition) is 5. The van der Waals surface area contributed by atoms with E-state index >= 15 is 0 Å². The Bertz CT molecular complexity index is 460. The van der Waals surface area contributed by atoms with Crippen molar-refractivity contribution in [1.82, 2.24) is 9.97 Å². The van der Waals surface area contributed by atoms with Crippen molar-refractivity contribution >= 4 is 17.6 Å². The summed E-state index contributed by atoms with van der Waals surface area (Å²) >= 11 is 0. The summed E-state index contributed by atoms with van der Waals surface area (Å²) in [6.45, 7) is 7.97. The van der Waals surface area contributed by atoms with Gasteiger partial charge in [-0.15, -0.1) is 0 Å². The summed E-state index contributed by atoms with van der Waals surface area (Å²) in [5, 5.41) is 12.0. The molecule has 2 N–H and O–H groups in total. The molecule has 1 heterocycles. The van der Waals surface area contributed by atoms with Gasteiger partial charge in [-0.1, -0.05) is 6.92 Å². The number of carboxylic acids is 1. The van der Waals surface area contributed by atoms with Gasteiger partial charge in [-0.2, -0.15) is 0 Å². The summed E-state index contributed by atoms with van der Waals surface area (Å²) in [5.74, 6) is 1.01. The molecule has 106 valence electrons. The lowest BCUT2D eigenvalue weighted by Gasteiger charge is -2.23. The minimum absolute atomic E-state index is 0.526. The van der Waals surface area contributed by atoms with Crippen LogP contribution in [0.5, 0.6) is 0 Å². The molecule has 19 heavy (non-hydrogen) atoms. The maximum atomic E-state index is 11.1. The molecule has 0 atom stereocenters. The monoisotopic (exact) mass is 266 g/mol. The van der Waals surface area contributed by atoms with E-state index in [1.54, 1.807) is 26.8 Å². The smallest absolute Gasteiger partial charge is 0.328 e. The Morgan fingerprint density at radius 1 is 1.47 bits per heavy atom. The Morgan fingerprint density at radius 2 is 2.11 bits per heavy atom. The van der Waals surface area contributed by atoms with Crippen molar-refractivity contribution in [1.29, 1.82) is 0 Å². The van der Waals surface area contributed by atoms with Crippen molar-refractivity contribution in [3.05, 3.63) is 11.9 Å². The highest BCUT2D eigenvalue weighted by molar-refractivity contribution is 5.81. The molecule has 1 aromatic heterocycles. The molecule has 0 aliphatic carbocycles. The maximum Gasteiger partial charge on any atom is 0.328 e. The first-order valence-corrected chi connectivity index (χ1v) is 6.34. The fourth-order valence-corrected chi connectivity index (χ4v) is 1.64. The zero-order valence-electron chi connectivity index (χ0n) is 12.2.